The van der Waals surface area contributed by atoms with Crippen LogP contribution in [0.15, 0.2) is 53.4 Å². The molecule has 0 saturated heterocycles. The Kier molecular flexibility index (Phi) is 9.70. The summed E-state index contributed by atoms with van der Waals surface area (Å²) < 4.78 is 32.3. The lowest BCUT2D eigenvalue weighted by Crippen LogP contribution is -2.26. The lowest BCUT2D eigenvalue weighted by Gasteiger charge is -2.10. The second-order valence-electron chi connectivity index (χ2n) is 6.52. The fourth-order valence-corrected chi connectivity index (χ4v) is 3.83. The number of sulfonamides is 1. The molecule has 0 unspecified atom stereocenters. The molecule has 0 radical (unpaired) electrons. The standard InChI is InChI=1S/C21H25N3O5S.ClH/c1-3-29-20(26)12-14(2)16-6-4-15(5-7-16)10-11-24-30(27,28)19-13-17(21(22)23)8-9-18(19)25;/h4-9,12-13,24-25H,3,10-11H2,1-2H3,(H3,22,23);1H. The van der Waals surface area contributed by atoms with Gasteiger partial charge in [-0.25, -0.2) is 17.9 Å². The largest absolute Gasteiger partial charge is 0.507 e. The summed E-state index contributed by atoms with van der Waals surface area (Å²) in [6.45, 7) is 3.98. The maximum absolute atomic E-state index is 12.5. The monoisotopic (exact) mass is 467 g/mol. The van der Waals surface area contributed by atoms with Gasteiger partial charge in [0.1, 0.15) is 16.5 Å². The molecular weight excluding hydrogens is 442 g/mol. The fourth-order valence-electron chi connectivity index (χ4n) is 2.68. The number of nitrogen functional groups attached to an aromatic ring is 1. The summed E-state index contributed by atoms with van der Waals surface area (Å²) >= 11 is 0. The van der Waals surface area contributed by atoms with E-state index in [1.807, 2.05) is 31.2 Å². The summed E-state index contributed by atoms with van der Waals surface area (Å²) in [5, 5.41) is 17.3. The number of phenols is 1. The fraction of sp³-hybridized carbons (Fsp3) is 0.238. The Morgan fingerprint density at radius 3 is 2.39 bits per heavy atom. The molecule has 0 bridgehead atoms. The molecule has 0 saturated carbocycles. The molecule has 168 valence electrons. The van der Waals surface area contributed by atoms with E-state index >= 15 is 0 Å². The number of hydrogen-bond acceptors (Lipinski definition) is 6. The Labute approximate surface area is 188 Å². The molecule has 2 aromatic rings. The second kappa shape index (κ2) is 11.5. The molecule has 0 amide bonds. The first-order valence-corrected chi connectivity index (χ1v) is 10.7. The first kappa shape index (κ1) is 26.2. The number of ether oxygens (including phenoxy) is 1. The van der Waals surface area contributed by atoms with Crippen molar-refractivity contribution >= 4 is 39.8 Å². The normalized spacial score (nSPS) is 11.5. The molecular formula is C21H26ClN3O5S. The highest BCUT2D eigenvalue weighted by Gasteiger charge is 2.19. The van der Waals surface area contributed by atoms with E-state index in [4.69, 9.17) is 15.9 Å². The summed E-state index contributed by atoms with van der Waals surface area (Å²) in [7, 11) is -3.97. The van der Waals surface area contributed by atoms with E-state index in [-0.39, 0.29) is 35.2 Å². The van der Waals surface area contributed by atoms with Crippen molar-refractivity contribution < 1.29 is 23.1 Å². The minimum Gasteiger partial charge on any atom is -0.507 e. The Bertz CT molecular complexity index is 1070. The third kappa shape index (κ3) is 7.39. The van der Waals surface area contributed by atoms with Crippen LogP contribution in [0.25, 0.3) is 5.57 Å². The molecule has 5 N–H and O–H groups in total. The van der Waals surface area contributed by atoms with Crippen molar-refractivity contribution in [1.29, 1.82) is 5.41 Å². The maximum Gasteiger partial charge on any atom is 0.331 e. The molecule has 0 heterocycles. The predicted molar refractivity (Wildman–Crippen MR) is 122 cm³/mol. The van der Waals surface area contributed by atoms with Crippen molar-refractivity contribution in [3.63, 3.8) is 0 Å². The van der Waals surface area contributed by atoms with Gasteiger partial charge in [0.25, 0.3) is 0 Å². The SMILES string of the molecule is CCOC(=O)C=C(C)c1ccc(CCNS(=O)(=O)c2cc(C(=N)N)ccc2O)cc1.Cl. The first-order chi connectivity index (χ1) is 14.1. The van der Waals surface area contributed by atoms with Crippen LogP contribution in [0.5, 0.6) is 5.75 Å². The van der Waals surface area contributed by atoms with Gasteiger partial charge in [0.15, 0.2) is 0 Å². The Morgan fingerprint density at radius 1 is 1.19 bits per heavy atom. The van der Waals surface area contributed by atoms with Crippen LogP contribution in [0.4, 0.5) is 0 Å². The summed E-state index contributed by atoms with van der Waals surface area (Å²) in [4.78, 5) is 11.2. The summed E-state index contributed by atoms with van der Waals surface area (Å²) in [5.41, 5.74) is 8.11. The highest BCUT2D eigenvalue weighted by Crippen LogP contribution is 2.23. The number of amidine groups is 1. The van der Waals surface area contributed by atoms with Crippen LogP contribution in [0, 0.1) is 5.41 Å². The van der Waals surface area contributed by atoms with Crippen LogP contribution >= 0.6 is 12.4 Å². The van der Waals surface area contributed by atoms with Crippen LogP contribution in [-0.2, 0) is 26.0 Å². The quantitative estimate of drug-likeness (QED) is 0.193. The topological polar surface area (TPSA) is 143 Å². The van der Waals surface area contributed by atoms with Gasteiger partial charge in [0, 0.05) is 18.2 Å². The zero-order chi connectivity index (χ0) is 22.3. The summed E-state index contributed by atoms with van der Waals surface area (Å²) in [6.07, 6.45) is 1.85. The molecule has 0 spiro atoms. The summed E-state index contributed by atoms with van der Waals surface area (Å²) in [5.74, 6) is -1.11. The Hall–Kier alpha value is -2.88. The zero-order valence-corrected chi connectivity index (χ0v) is 18.8. The van der Waals surface area contributed by atoms with E-state index in [2.05, 4.69) is 4.72 Å². The van der Waals surface area contributed by atoms with E-state index < -0.39 is 21.7 Å². The van der Waals surface area contributed by atoms with Gasteiger partial charge in [-0.05, 0) is 55.2 Å². The molecule has 0 aromatic heterocycles. The van der Waals surface area contributed by atoms with Crippen molar-refractivity contribution in [1.82, 2.24) is 4.72 Å². The van der Waals surface area contributed by atoms with Gasteiger partial charge < -0.3 is 15.6 Å². The minimum absolute atomic E-state index is 0. The molecule has 2 aromatic carbocycles. The van der Waals surface area contributed by atoms with Crippen molar-refractivity contribution in [2.45, 2.75) is 25.2 Å². The number of nitrogens with one attached hydrogen (secondary N) is 2. The van der Waals surface area contributed by atoms with Gasteiger partial charge in [0.05, 0.1) is 6.61 Å². The number of allylic oxidation sites excluding steroid dienone is 1. The van der Waals surface area contributed by atoms with Crippen LogP contribution in [0.1, 0.15) is 30.5 Å². The average Bonchev–Trinajstić information content (AvgIpc) is 2.68. The summed E-state index contributed by atoms with van der Waals surface area (Å²) in [6, 6.07) is 11.1. The lowest BCUT2D eigenvalue weighted by molar-refractivity contribution is -0.137. The number of phenolic OH excluding ortho intramolecular Hbond substituents is 1. The highest BCUT2D eigenvalue weighted by atomic mass is 35.5. The van der Waals surface area contributed by atoms with Crippen molar-refractivity contribution in [2.75, 3.05) is 13.2 Å². The molecule has 0 aliphatic rings. The van der Waals surface area contributed by atoms with Crippen molar-refractivity contribution in [3.05, 3.63) is 65.2 Å². The van der Waals surface area contributed by atoms with E-state index in [0.717, 1.165) is 22.8 Å². The molecule has 0 fully saturated rings. The number of rotatable bonds is 9. The van der Waals surface area contributed by atoms with E-state index in [0.29, 0.717) is 13.0 Å². The number of carbonyl (C=O) groups excluding carboxylic acids is 1. The van der Waals surface area contributed by atoms with E-state index in [9.17, 15) is 18.3 Å². The number of halogens is 1. The molecule has 0 aliphatic carbocycles. The van der Waals surface area contributed by atoms with Gasteiger partial charge in [-0.15, -0.1) is 12.4 Å². The number of carbonyl (C=O) groups is 1. The Balaban J connectivity index is 0.00000480. The van der Waals surface area contributed by atoms with Gasteiger partial charge >= 0.3 is 5.97 Å². The number of benzene rings is 2. The average molecular weight is 468 g/mol. The molecule has 2 rings (SSSR count). The van der Waals surface area contributed by atoms with Crippen molar-refractivity contribution in [2.24, 2.45) is 5.73 Å². The van der Waals surface area contributed by atoms with Crippen LogP contribution in [-0.4, -0.2) is 38.5 Å². The maximum atomic E-state index is 12.5. The van der Waals surface area contributed by atoms with Gasteiger partial charge in [-0.2, -0.15) is 0 Å². The van der Waals surface area contributed by atoms with Crippen LogP contribution in [0.3, 0.4) is 0 Å². The smallest absolute Gasteiger partial charge is 0.331 e. The molecule has 8 nitrogen and oxygen atoms in total. The minimum atomic E-state index is -3.97. The molecule has 31 heavy (non-hydrogen) atoms. The molecule has 10 heteroatoms. The third-order valence-corrected chi connectivity index (χ3v) is 5.79. The van der Waals surface area contributed by atoms with Gasteiger partial charge in [-0.3, -0.25) is 5.41 Å². The second-order valence-corrected chi connectivity index (χ2v) is 8.26. The van der Waals surface area contributed by atoms with Crippen molar-refractivity contribution in [3.8, 4) is 5.75 Å². The molecule has 0 atom stereocenters. The number of hydrogen-bond donors (Lipinski definition) is 4. The van der Waals surface area contributed by atoms with E-state index in [1.54, 1.807) is 6.92 Å². The number of aromatic hydroxyl groups is 1. The number of nitrogens with two attached hydrogens (primary N) is 1. The lowest BCUT2D eigenvalue weighted by atomic mass is 10.0. The van der Waals surface area contributed by atoms with Gasteiger partial charge in [0.2, 0.25) is 10.0 Å². The number of esters is 1. The third-order valence-electron chi connectivity index (χ3n) is 4.30. The predicted octanol–water partition coefficient (Wildman–Crippen LogP) is 2.59. The van der Waals surface area contributed by atoms with Crippen LogP contribution in [0.2, 0.25) is 0 Å². The highest BCUT2D eigenvalue weighted by molar-refractivity contribution is 7.89. The van der Waals surface area contributed by atoms with Gasteiger partial charge in [-0.1, -0.05) is 24.3 Å². The Morgan fingerprint density at radius 2 is 1.81 bits per heavy atom. The zero-order valence-electron chi connectivity index (χ0n) is 17.2. The first-order valence-electron chi connectivity index (χ1n) is 9.25. The van der Waals surface area contributed by atoms with Crippen LogP contribution < -0.4 is 10.5 Å². The molecule has 0 aliphatic heterocycles. The van der Waals surface area contributed by atoms with E-state index in [1.165, 1.54) is 18.2 Å².